The Morgan fingerprint density at radius 2 is 1.46 bits per heavy atom. The maximum Gasteiger partial charge on any atom is 2.00 e. The van der Waals surface area contributed by atoms with Crippen molar-refractivity contribution in [1.29, 1.82) is 0 Å². The summed E-state index contributed by atoms with van der Waals surface area (Å²) in [5.74, 6) is 1.05. The fourth-order valence-electron chi connectivity index (χ4n) is 3.93. The minimum atomic E-state index is -4.97. The molecule has 1 aromatic carbocycles. The van der Waals surface area contributed by atoms with Crippen molar-refractivity contribution in [3.05, 3.63) is 104 Å². The molecule has 0 saturated heterocycles. The zero-order valence-electron chi connectivity index (χ0n) is 20.1. The monoisotopic (exact) mass is 564 g/mol. The van der Waals surface area contributed by atoms with E-state index >= 15 is 0 Å². The van der Waals surface area contributed by atoms with Gasteiger partial charge in [0.15, 0.2) is 0 Å². The number of hydrogen-bond acceptors (Lipinski definition) is 3. The molecule has 0 spiro atoms. The van der Waals surface area contributed by atoms with Crippen molar-refractivity contribution in [2.75, 3.05) is 19.6 Å². The molecule has 2 aliphatic carbocycles. The Hall–Kier alpha value is -1.35. The number of hydrogen-bond donors (Lipinski definition) is 1. The summed E-state index contributed by atoms with van der Waals surface area (Å²) in [7, 11) is 0. The molecule has 3 nitrogen and oxygen atoms in total. The van der Waals surface area contributed by atoms with E-state index in [1.54, 1.807) is 19.3 Å². The average Bonchev–Trinajstić information content (AvgIpc) is 3.55. The minimum Gasteiger partial charge on any atom is -0.388 e. The van der Waals surface area contributed by atoms with Crippen LogP contribution in [0.2, 0.25) is 0 Å². The fraction of sp³-hybridized carbons (Fsp3) is 0.296. The van der Waals surface area contributed by atoms with Gasteiger partial charge in [-0.05, 0) is 82.2 Å². The van der Waals surface area contributed by atoms with Crippen molar-refractivity contribution in [1.82, 2.24) is 9.88 Å². The van der Waals surface area contributed by atoms with E-state index in [-0.39, 0.29) is 28.0 Å². The summed E-state index contributed by atoms with van der Waals surface area (Å²) in [5.41, 5.74) is -3.87. The standard InChI is InChI=1S/C22H21F6N2O.C5H5.Fe/c1-3-30(4-2)12-13-7-5-8-14(13)20(31)16-11-18(22(26,27)28)29-19-15(16)9-6-10-17(19)21(23,24)25;1-2-4-5-3-1;/h5-11,20,31H,3-4,12H2,1-2H3;1-5H;/q;;+2/t20-;;/m0../s1. The van der Waals surface area contributed by atoms with Gasteiger partial charge in [-0.25, -0.2) is 4.98 Å². The van der Waals surface area contributed by atoms with Crippen molar-refractivity contribution in [3.8, 4) is 0 Å². The van der Waals surface area contributed by atoms with Gasteiger partial charge >= 0.3 is 29.4 Å². The average molecular weight is 564 g/mol. The Bertz CT molecular complexity index is 982. The van der Waals surface area contributed by atoms with E-state index in [4.69, 9.17) is 0 Å². The van der Waals surface area contributed by atoms with E-state index in [0.29, 0.717) is 30.5 Å². The third-order valence-electron chi connectivity index (χ3n) is 5.84. The second-order valence-corrected chi connectivity index (χ2v) is 8.13. The third kappa shape index (κ3) is 8.07. The Morgan fingerprint density at radius 1 is 0.865 bits per heavy atom. The molecular weight excluding hydrogens is 538 g/mol. The van der Waals surface area contributed by atoms with Crippen molar-refractivity contribution in [3.63, 3.8) is 0 Å². The van der Waals surface area contributed by atoms with Crippen LogP contribution in [0.15, 0.2) is 24.3 Å². The second kappa shape index (κ2) is 13.6. The topological polar surface area (TPSA) is 36.4 Å². The van der Waals surface area contributed by atoms with Crippen LogP contribution in [-0.4, -0.2) is 34.6 Å². The number of fused-ring (bicyclic) bond motifs is 1. The van der Waals surface area contributed by atoms with E-state index in [1.165, 1.54) is 6.07 Å². The number of para-hydroxylation sites is 1. The summed E-state index contributed by atoms with van der Waals surface area (Å²) in [5, 5.41) is 10.8. The molecule has 10 radical (unpaired) electrons. The molecule has 1 heterocycles. The Labute approximate surface area is 225 Å². The molecule has 10 heteroatoms. The van der Waals surface area contributed by atoms with Crippen molar-refractivity contribution >= 4 is 10.9 Å². The van der Waals surface area contributed by atoms with Gasteiger partial charge in [-0.3, -0.25) is 0 Å². The van der Waals surface area contributed by atoms with E-state index in [1.807, 2.05) is 46.0 Å². The number of aliphatic hydroxyl groups excluding tert-OH is 1. The van der Waals surface area contributed by atoms with Crippen LogP contribution < -0.4 is 0 Å². The number of alkyl halides is 6. The molecule has 1 aromatic heterocycles. The molecule has 2 fully saturated rings. The molecule has 4 rings (SSSR count). The molecule has 0 unspecified atom stereocenters. The molecule has 1 atom stereocenters. The predicted octanol–water partition coefficient (Wildman–Crippen LogP) is 6.44. The van der Waals surface area contributed by atoms with Gasteiger partial charge in [0.2, 0.25) is 0 Å². The van der Waals surface area contributed by atoms with Gasteiger partial charge < -0.3 is 10.0 Å². The quantitative estimate of drug-likeness (QED) is 0.324. The Morgan fingerprint density at radius 3 is 1.97 bits per heavy atom. The van der Waals surface area contributed by atoms with Crippen LogP contribution in [0.1, 0.15) is 36.8 Å². The van der Waals surface area contributed by atoms with E-state index < -0.39 is 35.2 Å². The first-order valence-electron chi connectivity index (χ1n) is 11.4. The summed E-state index contributed by atoms with van der Waals surface area (Å²) in [4.78, 5) is 5.32. The summed E-state index contributed by atoms with van der Waals surface area (Å²) in [6.45, 7) is 5.81. The summed E-state index contributed by atoms with van der Waals surface area (Å²) in [6.07, 6.45) is 3.55. The molecule has 2 aliphatic rings. The zero-order chi connectivity index (χ0) is 26.5. The minimum absolute atomic E-state index is 0. The van der Waals surface area contributed by atoms with Crippen LogP contribution in [0.4, 0.5) is 26.3 Å². The maximum atomic E-state index is 13.4. The molecule has 2 aromatic rings. The zero-order valence-corrected chi connectivity index (χ0v) is 21.2. The number of rotatable bonds is 6. The predicted molar refractivity (Wildman–Crippen MR) is 125 cm³/mol. The first kappa shape index (κ1) is 31.9. The number of nitrogens with zero attached hydrogens (tertiary/aromatic N) is 2. The molecule has 0 bridgehead atoms. The van der Waals surface area contributed by atoms with Crippen LogP contribution in [0.25, 0.3) is 10.9 Å². The number of halogens is 6. The van der Waals surface area contributed by atoms with Crippen LogP contribution in [0.3, 0.4) is 0 Å². The first-order valence-corrected chi connectivity index (χ1v) is 11.4. The van der Waals surface area contributed by atoms with Crippen molar-refractivity contribution in [2.24, 2.45) is 0 Å². The Balaban J connectivity index is 0.000000716. The van der Waals surface area contributed by atoms with Crippen molar-refractivity contribution < 1.29 is 48.5 Å². The van der Waals surface area contributed by atoms with E-state index in [9.17, 15) is 31.4 Å². The molecule has 37 heavy (non-hydrogen) atoms. The number of benzene rings is 1. The summed E-state index contributed by atoms with van der Waals surface area (Å²) < 4.78 is 80.7. The molecular formula is C27H26F6FeN2O+2. The van der Waals surface area contributed by atoms with E-state index in [0.717, 1.165) is 19.2 Å². The first-order chi connectivity index (χ1) is 17.0. The SMILES string of the molecule is CCN(CC)C[C]1[CH][CH][CH][C]1[C@H](O)c1cc(C(F)(F)F)nc2c(C(F)(F)F)cccc12.[CH]1[CH][CH][CH][CH]1.[Fe+2]. The van der Waals surface area contributed by atoms with Gasteiger partial charge in [0.25, 0.3) is 0 Å². The molecule has 1 N–H and O–H groups in total. The number of pyridine rings is 1. The normalized spacial score (nSPS) is 18.1. The van der Waals surface area contributed by atoms with E-state index in [2.05, 4.69) is 9.88 Å². The molecule has 0 amide bonds. The van der Waals surface area contributed by atoms with Gasteiger partial charge in [-0.2, -0.15) is 26.3 Å². The smallest absolute Gasteiger partial charge is 0.388 e. The van der Waals surface area contributed by atoms with Gasteiger partial charge in [-0.1, -0.05) is 26.0 Å². The van der Waals surface area contributed by atoms with Gasteiger partial charge in [0.05, 0.1) is 17.2 Å². The molecule has 0 aliphatic heterocycles. The van der Waals surface area contributed by atoms with Crippen molar-refractivity contribution in [2.45, 2.75) is 32.3 Å². The van der Waals surface area contributed by atoms with Crippen LogP contribution >= 0.6 is 0 Å². The van der Waals surface area contributed by atoms with Gasteiger partial charge in [-0.15, -0.1) is 0 Å². The molecule has 2 saturated carbocycles. The summed E-state index contributed by atoms with van der Waals surface area (Å²) >= 11 is 0. The second-order valence-electron chi connectivity index (χ2n) is 8.13. The van der Waals surface area contributed by atoms with Crippen LogP contribution in [-0.2, 0) is 29.4 Å². The number of aliphatic hydroxyl groups is 1. The third-order valence-corrected chi connectivity index (χ3v) is 5.84. The fourth-order valence-corrected chi connectivity index (χ4v) is 3.93. The maximum absolute atomic E-state index is 13.4. The van der Waals surface area contributed by atoms with Gasteiger partial charge in [0.1, 0.15) is 5.69 Å². The summed E-state index contributed by atoms with van der Waals surface area (Å²) in [6, 6.07) is 3.64. The molecule has 198 valence electrons. The van der Waals surface area contributed by atoms with Crippen LogP contribution in [0.5, 0.6) is 0 Å². The van der Waals surface area contributed by atoms with Crippen LogP contribution in [0, 0.1) is 63.2 Å². The Kier molecular flexibility index (Phi) is 11.7. The largest absolute Gasteiger partial charge is 2.00 e. The van der Waals surface area contributed by atoms with Gasteiger partial charge in [0, 0.05) is 23.8 Å². The number of aromatic nitrogens is 1.